The minimum atomic E-state index is -0.549. The number of nitrogens with zero attached hydrogens (tertiary/aromatic N) is 3. The van der Waals surface area contributed by atoms with Crippen LogP contribution in [0.4, 0.5) is 4.39 Å². The van der Waals surface area contributed by atoms with Crippen LogP contribution in [0.1, 0.15) is 5.89 Å². The zero-order valence-corrected chi connectivity index (χ0v) is 11.4. The lowest BCUT2D eigenvalue weighted by molar-refractivity contribution is 0.234. The molecule has 0 aliphatic carbocycles. The lowest BCUT2D eigenvalue weighted by atomic mass is 10.3. The minimum Gasteiger partial charge on any atom is -0.479 e. The molecule has 0 saturated heterocycles. The van der Waals surface area contributed by atoms with E-state index in [1.807, 2.05) is 6.07 Å². The first-order valence-electron chi connectivity index (χ1n) is 6.05. The third kappa shape index (κ3) is 3.00. The summed E-state index contributed by atoms with van der Waals surface area (Å²) in [6.45, 7) is -0.0829. The molecule has 0 radical (unpaired) electrons. The van der Waals surface area contributed by atoms with Crippen LogP contribution in [0.25, 0.3) is 11.5 Å². The molecule has 0 bridgehead atoms. The standard InChI is InChI=1S/C14H9ClFN3O2/c15-9-4-3-5-10(16)13(9)20-8-12-18-14(19-21-12)11-6-1-2-7-17-11/h1-7H,8H2. The van der Waals surface area contributed by atoms with Gasteiger partial charge in [-0.1, -0.05) is 28.9 Å². The Labute approximate surface area is 124 Å². The third-order valence-electron chi connectivity index (χ3n) is 2.62. The van der Waals surface area contributed by atoms with Crippen LogP contribution in [0.3, 0.4) is 0 Å². The van der Waals surface area contributed by atoms with Crippen molar-refractivity contribution in [3.63, 3.8) is 0 Å². The van der Waals surface area contributed by atoms with Gasteiger partial charge >= 0.3 is 0 Å². The van der Waals surface area contributed by atoms with Crippen molar-refractivity contribution >= 4 is 11.6 Å². The number of aromatic nitrogens is 3. The van der Waals surface area contributed by atoms with Gasteiger partial charge in [0.15, 0.2) is 18.2 Å². The van der Waals surface area contributed by atoms with Gasteiger partial charge in [0.2, 0.25) is 5.82 Å². The van der Waals surface area contributed by atoms with E-state index in [2.05, 4.69) is 15.1 Å². The summed E-state index contributed by atoms with van der Waals surface area (Å²) in [6.07, 6.45) is 1.63. The van der Waals surface area contributed by atoms with Crippen LogP contribution in [0.2, 0.25) is 5.02 Å². The highest BCUT2D eigenvalue weighted by molar-refractivity contribution is 6.32. The van der Waals surface area contributed by atoms with Gasteiger partial charge in [0.05, 0.1) is 5.02 Å². The molecule has 7 heteroatoms. The molecule has 5 nitrogen and oxygen atoms in total. The predicted octanol–water partition coefficient (Wildman–Crippen LogP) is 3.50. The third-order valence-corrected chi connectivity index (χ3v) is 2.92. The van der Waals surface area contributed by atoms with E-state index in [0.717, 1.165) is 0 Å². The molecule has 3 rings (SSSR count). The number of para-hydroxylation sites is 1. The van der Waals surface area contributed by atoms with Crippen molar-refractivity contribution in [2.75, 3.05) is 0 Å². The van der Waals surface area contributed by atoms with E-state index in [1.54, 1.807) is 18.3 Å². The summed E-state index contributed by atoms with van der Waals surface area (Å²) < 4.78 is 23.8. The fourth-order valence-corrected chi connectivity index (χ4v) is 1.88. The van der Waals surface area contributed by atoms with Crippen LogP contribution >= 0.6 is 11.6 Å². The van der Waals surface area contributed by atoms with Crippen molar-refractivity contribution < 1.29 is 13.7 Å². The van der Waals surface area contributed by atoms with E-state index in [1.165, 1.54) is 18.2 Å². The molecule has 0 spiro atoms. The second kappa shape index (κ2) is 5.88. The summed E-state index contributed by atoms with van der Waals surface area (Å²) >= 11 is 5.86. The average Bonchev–Trinajstić information content (AvgIpc) is 2.97. The van der Waals surface area contributed by atoms with Crippen LogP contribution in [-0.2, 0) is 6.61 Å². The van der Waals surface area contributed by atoms with E-state index in [9.17, 15) is 4.39 Å². The Morgan fingerprint density at radius 2 is 2.10 bits per heavy atom. The number of benzene rings is 1. The maximum atomic E-state index is 13.5. The van der Waals surface area contributed by atoms with E-state index >= 15 is 0 Å². The van der Waals surface area contributed by atoms with Crippen molar-refractivity contribution in [1.29, 1.82) is 0 Å². The van der Waals surface area contributed by atoms with Gasteiger partial charge in [-0.2, -0.15) is 4.98 Å². The molecule has 0 saturated carbocycles. The van der Waals surface area contributed by atoms with Gasteiger partial charge in [-0.25, -0.2) is 4.39 Å². The molecule has 3 aromatic rings. The number of hydrogen-bond donors (Lipinski definition) is 0. The van der Waals surface area contributed by atoms with Gasteiger partial charge in [-0.05, 0) is 24.3 Å². The highest BCUT2D eigenvalue weighted by atomic mass is 35.5. The van der Waals surface area contributed by atoms with Crippen LogP contribution in [0.15, 0.2) is 47.1 Å². The average molecular weight is 306 g/mol. The summed E-state index contributed by atoms with van der Waals surface area (Å²) in [6, 6.07) is 9.64. The quantitative estimate of drug-likeness (QED) is 0.738. The van der Waals surface area contributed by atoms with E-state index < -0.39 is 5.82 Å². The van der Waals surface area contributed by atoms with Crippen molar-refractivity contribution in [3.8, 4) is 17.3 Å². The summed E-state index contributed by atoms with van der Waals surface area (Å²) in [7, 11) is 0. The number of halogens is 2. The van der Waals surface area contributed by atoms with Crippen LogP contribution < -0.4 is 4.74 Å². The molecule has 2 heterocycles. The molecule has 0 aliphatic rings. The summed E-state index contributed by atoms with van der Waals surface area (Å²) in [5.41, 5.74) is 0.580. The smallest absolute Gasteiger partial charge is 0.264 e. The SMILES string of the molecule is Fc1cccc(Cl)c1OCc1nc(-c2ccccn2)no1. The molecule has 0 amide bonds. The van der Waals surface area contributed by atoms with E-state index in [4.69, 9.17) is 20.9 Å². The topological polar surface area (TPSA) is 61.0 Å². The lowest BCUT2D eigenvalue weighted by Crippen LogP contribution is -1.98. The van der Waals surface area contributed by atoms with Gasteiger partial charge in [0.25, 0.3) is 5.89 Å². The van der Waals surface area contributed by atoms with Crippen molar-refractivity contribution in [1.82, 2.24) is 15.1 Å². The van der Waals surface area contributed by atoms with Gasteiger partial charge in [-0.15, -0.1) is 0 Å². The predicted molar refractivity (Wildman–Crippen MR) is 73.3 cm³/mol. The molecule has 2 aromatic heterocycles. The first-order valence-corrected chi connectivity index (χ1v) is 6.42. The monoisotopic (exact) mass is 305 g/mol. The second-order valence-electron chi connectivity index (χ2n) is 4.07. The normalized spacial score (nSPS) is 10.6. The molecule has 0 atom stereocenters. The lowest BCUT2D eigenvalue weighted by Gasteiger charge is -2.05. The Bertz CT molecular complexity index is 729. The number of pyridine rings is 1. The maximum Gasteiger partial charge on any atom is 0.264 e. The molecule has 1 aromatic carbocycles. The number of rotatable bonds is 4. The van der Waals surface area contributed by atoms with Gasteiger partial charge in [0, 0.05) is 6.20 Å². The van der Waals surface area contributed by atoms with E-state index in [-0.39, 0.29) is 23.3 Å². The molecular formula is C14H9ClFN3O2. The molecular weight excluding hydrogens is 297 g/mol. The number of ether oxygens (including phenoxy) is 1. The Balaban J connectivity index is 1.74. The van der Waals surface area contributed by atoms with Crippen molar-refractivity contribution in [2.45, 2.75) is 6.61 Å². The molecule has 106 valence electrons. The van der Waals surface area contributed by atoms with Crippen LogP contribution in [0, 0.1) is 5.82 Å². The van der Waals surface area contributed by atoms with Crippen molar-refractivity contribution in [3.05, 3.63) is 59.3 Å². The highest BCUT2D eigenvalue weighted by Crippen LogP contribution is 2.28. The van der Waals surface area contributed by atoms with Gasteiger partial charge in [0.1, 0.15) is 5.69 Å². The zero-order valence-electron chi connectivity index (χ0n) is 10.7. The van der Waals surface area contributed by atoms with Crippen LogP contribution in [-0.4, -0.2) is 15.1 Å². The summed E-state index contributed by atoms with van der Waals surface area (Å²) in [5, 5.41) is 3.97. The van der Waals surface area contributed by atoms with Gasteiger partial charge in [-0.3, -0.25) is 4.98 Å². The first-order chi connectivity index (χ1) is 10.2. The first kappa shape index (κ1) is 13.5. The van der Waals surface area contributed by atoms with E-state index in [0.29, 0.717) is 11.5 Å². The molecule has 0 N–H and O–H groups in total. The molecule has 0 fully saturated rings. The summed E-state index contributed by atoms with van der Waals surface area (Å²) in [5.74, 6) is -0.0486. The molecule has 0 aliphatic heterocycles. The Hall–Kier alpha value is -2.47. The van der Waals surface area contributed by atoms with Gasteiger partial charge < -0.3 is 9.26 Å². The largest absolute Gasteiger partial charge is 0.479 e. The zero-order chi connectivity index (χ0) is 14.7. The number of hydrogen-bond acceptors (Lipinski definition) is 5. The molecule has 0 unspecified atom stereocenters. The minimum absolute atomic E-state index is 0.0447. The maximum absolute atomic E-state index is 13.5. The highest BCUT2D eigenvalue weighted by Gasteiger charge is 2.13. The fraction of sp³-hybridized carbons (Fsp3) is 0.0714. The van der Waals surface area contributed by atoms with Crippen molar-refractivity contribution in [2.24, 2.45) is 0 Å². The Kier molecular flexibility index (Phi) is 3.79. The molecule has 21 heavy (non-hydrogen) atoms. The fourth-order valence-electron chi connectivity index (χ4n) is 1.67. The second-order valence-corrected chi connectivity index (χ2v) is 4.47. The summed E-state index contributed by atoms with van der Waals surface area (Å²) in [4.78, 5) is 8.23. The van der Waals surface area contributed by atoms with Crippen LogP contribution in [0.5, 0.6) is 5.75 Å². The Morgan fingerprint density at radius 1 is 1.19 bits per heavy atom. The Morgan fingerprint density at radius 3 is 2.86 bits per heavy atom.